The third-order valence-corrected chi connectivity index (χ3v) is 7.27. The molecule has 0 amide bonds. The summed E-state index contributed by atoms with van der Waals surface area (Å²) in [6, 6.07) is 16.1. The second-order valence-corrected chi connectivity index (χ2v) is 10.6. The Kier molecular flexibility index (Phi) is 6.27. The van der Waals surface area contributed by atoms with Crippen molar-refractivity contribution in [2.24, 2.45) is 0 Å². The van der Waals surface area contributed by atoms with Gasteiger partial charge in [0.05, 0.1) is 23.8 Å². The van der Waals surface area contributed by atoms with Crippen molar-refractivity contribution in [1.82, 2.24) is 10.3 Å². The fourth-order valence-corrected chi connectivity index (χ4v) is 4.96. The lowest BCUT2D eigenvalue weighted by Gasteiger charge is -2.29. The number of ether oxygens (including phenoxy) is 1. The van der Waals surface area contributed by atoms with Gasteiger partial charge in [0.1, 0.15) is 18.1 Å². The first-order valence-electron chi connectivity index (χ1n) is 11.4. The van der Waals surface area contributed by atoms with E-state index in [0.717, 1.165) is 47.4 Å². The lowest BCUT2D eigenvalue weighted by molar-refractivity contribution is -0.109. The highest BCUT2D eigenvalue weighted by molar-refractivity contribution is 7.90. The molecule has 1 unspecified atom stereocenters. The largest absolute Gasteiger partial charge is 0.378 e. The normalized spacial score (nSPS) is 17.4. The Balaban J connectivity index is 1.54. The highest BCUT2D eigenvalue weighted by Gasteiger charge is 2.23. The van der Waals surface area contributed by atoms with Gasteiger partial charge >= 0.3 is 0 Å². The number of carbonyl (C=O) groups is 1. The van der Waals surface area contributed by atoms with Crippen LogP contribution in [0.15, 0.2) is 65.7 Å². The molecule has 2 aromatic carbocycles. The highest BCUT2D eigenvalue weighted by Crippen LogP contribution is 2.35. The summed E-state index contributed by atoms with van der Waals surface area (Å²) in [6.45, 7) is 3.06. The molecule has 0 radical (unpaired) electrons. The van der Waals surface area contributed by atoms with Crippen LogP contribution >= 0.6 is 0 Å². The SMILES string of the molecule is CS(=O)(=O)c1ccc(-c2cc3c(c(Nc4cccc(N5CCOCC5)c4)n2)C(C=O)NC=C3)cc1. The van der Waals surface area contributed by atoms with Crippen molar-refractivity contribution in [2.75, 3.05) is 42.8 Å². The number of nitrogens with one attached hydrogen (secondary N) is 2. The fourth-order valence-electron chi connectivity index (χ4n) is 4.33. The van der Waals surface area contributed by atoms with E-state index < -0.39 is 15.9 Å². The van der Waals surface area contributed by atoms with Crippen LogP contribution in [0.1, 0.15) is 17.2 Å². The van der Waals surface area contributed by atoms with E-state index in [-0.39, 0.29) is 4.90 Å². The van der Waals surface area contributed by atoms with Gasteiger partial charge in [-0.05, 0) is 54.2 Å². The molecule has 3 heterocycles. The standard InChI is InChI=1S/C26H26N4O4S/c1-35(32,33)22-7-5-18(6-8-22)23-15-19-9-10-27-24(17-31)25(19)26(29-23)28-20-3-2-4-21(16-20)30-11-13-34-14-12-30/h2-10,15-17,24,27H,11-14H2,1H3,(H,28,29). The molecule has 1 fully saturated rings. The topological polar surface area (TPSA) is 101 Å². The van der Waals surface area contributed by atoms with Crippen LogP contribution in [-0.4, -0.2) is 52.2 Å². The van der Waals surface area contributed by atoms with Gasteiger partial charge in [-0.3, -0.25) is 0 Å². The Morgan fingerprint density at radius 3 is 2.60 bits per heavy atom. The minimum atomic E-state index is -3.29. The van der Waals surface area contributed by atoms with Gasteiger partial charge in [-0.15, -0.1) is 0 Å². The summed E-state index contributed by atoms with van der Waals surface area (Å²) in [5, 5.41) is 6.50. The lowest BCUT2D eigenvalue weighted by Crippen LogP contribution is -2.36. The van der Waals surface area contributed by atoms with Gasteiger partial charge in [0.15, 0.2) is 9.84 Å². The zero-order valence-electron chi connectivity index (χ0n) is 19.3. The molecule has 3 aromatic rings. The summed E-state index contributed by atoms with van der Waals surface area (Å²) >= 11 is 0. The fraction of sp³-hybridized carbons (Fsp3) is 0.231. The van der Waals surface area contributed by atoms with Crippen LogP contribution in [0.4, 0.5) is 17.2 Å². The smallest absolute Gasteiger partial charge is 0.175 e. The average Bonchev–Trinajstić information content (AvgIpc) is 2.88. The average molecular weight is 491 g/mol. The van der Waals surface area contributed by atoms with Gasteiger partial charge in [0, 0.05) is 41.8 Å². The first-order valence-corrected chi connectivity index (χ1v) is 13.2. The van der Waals surface area contributed by atoms with Gasteiger partial charge in [-0.1, -0.05) is 18.2 Å². The monoisotopic (exact) mass is 490 g/mol. The predicted molar refractivity (Wildman–Crippen MR) is 137 cm³/mol. The zero-order valence-corrected chi connectivity index (χ0v) is 20.1. The summed E-state index contributed by atoms with van der Waals surface area (Å²) in [7, 11) is -3.29. The van der Waals surface area contributed by atoms with Crippen molar-refractivity contribution in [1.29, 1.82) is 0 Å². The van der Waals surface area contributed by atoms with Gasteiger partial charge in [0.2, 0.25) is 0 Å². The summed E-state index contributed by atoms with van der Waals surface area (Å²) in [6.07, 6.45) is 5.70. The summed E-state index contributed by atoms with van der Waals surface area (Å²) in [5.41, 5.74) is 5.02. The van der Waals surface area contributed by atoms with E-state index in [1.807, 2.05) is 24.3 Å². The van der Waals surface area contributed by atoms with Crippen molar-refractivity contribution in [2.45, 2.75) is 10.9 Å². The van der Waals surface area contributed by atoms with E-state index >= 15 is 0 Å². The molecule has 2 aliphatic rings. The molecule has 0 saturated carbocycles. The highest BCUT2D eigenvalue weighted by atomic mass is 32.2. The second kappa shape index (κ2) is 9.52. The lowest BCUT2D eigenvalue weighted by atomic mass is 9.97. The Bertz CT molecular complexity index is 1380. The molecular weight excluding hydrogens is 464 g/mol. The van der Waals surface area contributed by atoms with Gasteiger partial charge in [0.25, 0.3) is 0 Å². The molecule has 35 heavy (non-hydrogen) atoms. The maximum absolute atomic E-state index is 11.9. The quantitative estimate of drug-likeness (QED) is 0.506. The minimum Gasteiger partial charge on any atom is -0.378 e. The van der Waals surface area contributed by atoms with Crippen LogP contribution in [0, 0.1) is 0 Å². The summed E-state index contributed by atoms with van der Waals surface area (Å²) < 4.78 is 29.2. The van der Waals surface area contributed by atoms with E-state index in [1.54, 1.807) is 30.5 Å². The third-order valence-electron chi connectivity index (χ3n) is 6.14. The van der Waals surface area contributed by atoms with Gasteiger partial charge < -0.3 is 25.1 Å². The van der Waals surface area contributed by atoms with E-state index in [0.29, 0.717) is 24.7 Å². The zero-order chi connectivity index (χ0) is 24.4. The minimum absolute atomic E-state index is 0.252. The van der Waals surface area contributed by atoms with E-state index in [9.17, 15) is 13.2 Å². The van der Waals surface area contributed by atoms with Crippen LogP contribution in [0.25, 0.3) is 17.3 Å². The van der Waals surface area contributed by atoms with E-state index in [4.69, 9.17) is 9.72 Å². The molecular formula is C26H26N4O4S. The molecule has 1 saturated heterocycles. The molecule has 180 valence electrons. The molecule has 0 aliphatic carbocycles. The number of aromatic nitrogens is 1. The number of pyridine rings is 1. The Hall–Kier alpha value is -3.69. The van der Waals surface area contributed by atoms with Gasteiger partial charge in [-0.25, -0.2) is 13.4 Å². The van der Waals surface area contributed by atoms with Crippen LogP contribution in [0.2, 0.25) is 0 Å². The summed E-state index contributed by atoms with van der Waals surface area (Å²) in [5.74, 6) is 0.567. The molecule has 0 bridgehead atoms. The second-order valence-electron chi connectivity index (χ2n) is 8.54. The molecule has 8 nitrogen and oxygen atoms in total. The number of sulfone groups is 1. The first kappa shape index (κ1) is 23.1. The molecule has 1 atom stereocenters. The van der Waals surface area contributed by atoms with Gasteiger partial charge in [-0.2, -0.15) is 0 Å². The number of benzene rings is 2. The van der Waals surface area contributed by atoms with Crippen molar-refractivity contribution in [3.63, 3.8) is 0 Å². The number of carbonyl (C=O) groups excluding carboxylic acids is 1. The molecule has 9 heteroatoms. The number of rotatable bonds is 6. The number of nitrogens with zero attached hydrogens (tertiary/aromatic N) is 2. The first-order chi connectivity index (χ1) is 16.9. The number of hydrogen-bond acceptors (Lipinski definition) is 8. The van der Waals surface area contributed by atoms with Crippen molar-refractivity contribution >= 4 is 39.4 Å². The maximum Gasteiger partial charge on any atom is 0.175 e. The van der Waals surface area contributed by atoms with Crippen molar-refractivity contribution < 1.29 is 17.9 Å². The third kappa shape index (κ3) is 4.91. The van der Waals surface area contributed by atoms with Crippen LogP contribution in [0.3, 0.4) is 0 Å². The molecule has 0 spiro atoms. The van der Waals surface area contributed by atoms with Crippen LogP contribution < -0.4 is 15.5 Å². The maximum atomic E-state index is 11.9. The number of hydrogen-bond donors (Lipinski definition) is 2. The van der Waals surface area contributed by atoms with Crippen LogP contribution in [0.5, 0.6) is 0 Å². The molecule has 5 rings (SSSR count). The van der Waals surface area contributed by atoms with Crippen LogP contribution in [-0.2, 0) is 19.4 Å². The molecule has 2 N–H and O–H groups in total. The number of aldehydes is 1. The van der Waals surface area contributed by atoms with Crippen molar-refractivity contribution in [3.05, 3.63) is 71.9 Å². The Morgan fingerprint density at radius 1 is 1.11 bits per heavy atom. The molecule has 1 aromatic heterocycles. The predicted octanol–water partition coefficient (Wildman–Crippen LogP) is 3.55. The number of anilines is 3. The summed E-state index contributed by atoms with van der Waals surface area (Å²) in [4.78, 5) is 19.2. The number of fused-ring (bicyclic) bond motifs is 1. The van der Waals surface area contributed by atoms with Crippen molar-refractivity contribution in [3.8, 4) is 11.3 Å². The molecule has 2 aliphatic heterocycles. The van der Waals surface area contributed by atoms with E-state index in [2.05, 4.69) is 27.7 Å². The Morgan fingerprint density at radius 2 is 1.89 bits per heavy atom. The Labute approximate surface area is 204 Å². The number of morpholine rings is 1. The van der Waals surface area contributed by atoms with E-state index in [1.165, 1.54) is 6.26 Å².